The van der Waals surface area contributed by atoms with Crippen LogP contribution in [0, 0.1) is 5.92 Å². The SMILES string of the molecule is CC1CCC2(CC1)CSC(Nc1ccc3c(c1)OCO3)=N2. The van der Waals surface area contributed by atoms with Crippen molar-refractivity contribution in [3.8, 4) is 11.5 Å². The molecule has 0 amide bonds. The summed E-state index contributed by atoms with van der Waals surface area (Å²) in [6.45, 7) is 2.67. The Labute approximate surface area is 129 Å². The molecule has 0 radical (unpaired) electrons. The zero-order valence-corrected chi connectivity index (χ0v) is 13.0. The number of ether oxygens (including phenoxy) is 2. The van der Waals surface area contributed by atoms with E-state index in [-0.39, 0.29) is 5.54 Å². The van der Waals surface area contributed by atoms with Gasteiger partial charge in [0.15, 0.2) is 16.7 Å². The van der Waals surface area contributed by atoms with Gasteiger partial charge in [-0.05, 0) is 43.7 Å². The van der Waals surface area contributed by atoms with Crippen molar-refractivity contribution in [2.75, 3.05) is 17.9 Å². The Balaban J connectivity index is 1.48. The fourth-order valence-electron chi connectivity index (χ4n) is 3.20. The standard InChI is InChI=1S/C16H20N2O2S/c1-11-4-6-16(7-5-11)9-21-15(18-16)17-12-2-3-13-14(8-12)20-10-19-13/h2-3,8,11H,4-7,9-10H2,1H3,(H,17,18). The molecule has 0 bridgehead atoms. The second-order valence-corrected chi connectivity index (χ2v) is 7.27. The van der Waals surface area contributed by atoms with E-state index >= 15 is 0 Å². The maximum absolute atomic E-state index is 5.42. The quantitative estimate of drug-likeness (QED) is 0.855. The van der Waals surface area contributed by atoms with Crippen molar-refractivity contribution in [3.63, 3.8) is 0 Å². The van der Waals surface area contributed by atoms with Crippen LogP contribution in [0.4, 0.5) is 5.69 Å². The van der Waals surface area contributed by atoms with E-state index in [2.05, 4.69) is 12.2 Å². The Morgan fingerprint density at radius 1 is 1.24 bits per heavy atom. The molecule has 0 atom stereocenters. The highest BCUT2D eigenvalue weighted by Gasteiger charge is 2.38. The third-order valence-electron chi connectivity index (χ3n) is 4.65. The van der Waals surface area contributed by atoms with Crippen molar-refractivity contribution < 1.29 is 9.47 Å². The van der Waals surface area contributed by atoms with E-state index in [0.717, 1.165) is 34.0 Å². The van der Waals surface area contributed by atoms with Crippen LogP contribution in [0.25, 0.3) is 0 Å². The third-order valence-corrected chi connectivity index (χ3v) is 5.79. The van der Waals surface area contributed by atoms with E-state index in [1.165, 1.54) is 25.7 Å². The molecule has 1 aromatic carbocycles. The van der Waals surface area contributed by atoms with Gasteiger partial charge in [-0.2, -0.15) is 0 Å². The van der Waals surface area contributed by atoms with Crippen LogP contribution in [-0.2, 0) is 0 Å². The summed E-state index contributed by atoms with van der Waals surface area (Å²) in [6, 6.07) is 5.95. The molecule has 1 fully saturated rings. The molecule has 1 N–H and O–H groups in total. The number of anilines is 1. The second-order valence-electron chi connectivity index (χ2n) is 6.31. The average Bonchev–Trinajstić information content (AvgIpc) is 3.10. The summed E-state index contributed by atoms with van der Waals surface area (Å²) in [5, 5.41) is 4.48. The highest BCUT2D eigenvalue weighted by molar-refractivity contribution is 8.14. The number of nitrogens with one attached hydrogen (secondary N) is 1. The van der Waals surface area contributed by atoms with Crippen molar-refractivity contribution >= 4 is 22.6 Å². The molecule has 1 saturated carbocycles. The number of hydrogen-bond donors (Lipinski definition) is 1. The summed E-state index contributed by atoms with van der Waals surface area (Å²) in [5.74, 6) is 3.61. The lowest BCUT2D eigenvalue weighted by Gasteiger charge is -2.32. The molecule has 0 unspecified atom stereocenters. The molecule has 3 aliphatic rings. The van der Waals surface area contributed by atoms with Gasteiger partial charge >= 0.3 is 0 Å². The predicted molar refractivity (Wildman–Crippen MR) is 86.4 cm³/mol. The first-order chi connectivity index (χ1) is 10.2. The van der Waals surface area contributed by atoms with Crippen LogP contribution < -0.4 is 14.8 Å². The smallest absolute Gasteiger partial charge is 0.231 e. The van der Waals surface area contributed by atoms with Gasteiger partial charge in [-0.15, -0.1) is 0 Å². The van der Waals surface area contributed by atoms with E-state index < -0.39 is 0 Å². The van der Waals surface area contributed by atoms with Crippen molar-refractivity contribution in [1.29, 1.82) is 0 Å². The zero-order chi connectivity index (χ0) is 14.3. The number of nitrogens with zero attached hydrogens (tertiary/aromatic N) is 1. The lowest BCUT2D eigenvalue weighted by Crippen LogP contribution is -2.32. The highest BCUT2D eigenvalue weighted by atomic mass is 32.2. The lowest BCUT2D eigenvalue weighted by atomic mass is 9.79. The van der Waals surface area contributed by atoms with Gasteiger partial charge in [-0.3, -0.25) is 4.99 Å². The lowest BCUT2D eigenvalue weighted by molar-refractivity contribution is 0.174. The molecule has 4 nitrogen and oxygen atoms in total. The number of amidine groups is 1. The monoisotopic (exact) mass is 304 g/mol. The van der Waals surface area contributed by atoms with Gasteiger partial charge in [0.05, 0.1) is 5.54 Å². The second kappa shape index (κ2) is 5.13. The van der Waals surface area contributed by atoms with E-state index in [1.54, 1.807) is 0 Å². The normalized spacial score (nSPS) is 30.5. The predicted octanol–water partition coefficient (Wildman–Crippen LogP) is 3.88. The number of hydrogen-bond acceptors (Lipinski definition) is 5. The molecule has 21 heavy (non-hydrogen) atoms. The maximum atomic E-state index is 5.42. The Kier molecular flexibility index (Phi) is 3.25. The summed E-state index contributed by atoms with van der Waals surface area (Å²) >= 11 is 1.84. The molecular formula is C16H20N2O2S. The van der Waals surface area contributed by atoms with Crippen LogP contribution in [0.3, 0.4) is 0 Å². The summed E-state index contributed by atoms with van der Waals surface area (Å²) < 4.78 is 10.8. The Morgan fingerprint density at radius 3 is 2.90 bits per heavy atom. The Bertz CT molecular complexity index is 580. The van der Waals surface area contributed by atoms with Crippen LogP contribution >= 0.6 is 11.8 Å². The summed E-state index contributed by atoms with van der Waals surface area (Å²) in [4.78, 5) is 5.00. The van der Waals surface area contributed by atoms with Crippen molar-refractivity contribution in [2.45, 2.75) is 38.1 Å². The van der Waals surface area contributed by atoms with E-state index in [1.807, 2.05) is 30.0 Å². The largest absolute Gasteiger partial charge is 0.454 e. The van der Waals surface area contributed by atoms with Crippen molar-refractivity contribution in [1.82, 2.24) is 0 Å². The summed E-state index contributed by atoms with van der Waals surface area (Å²) in [7, 11) is 0. The summed E-state index contributed by atoms with van der Waals surface area (Å²) in [5.41, 5.74) is 1.21. The maximum Gasteiger partial charge on any atom is 0.231 e. The van der Waals surface area contributed by atoms with Gasteiger partial charge in [-0.25, -0.2) is 0 Å². The summed E-state index contributed by atoms with van der Waals surface area (Å²) in [6.07, 6.45) is 5.07. The first kappa shape index (κ1) is 13.3. The number of rotatable bonds is 1. The first-order valence-electron chi connectivity index (χ1n) is 7.62. The highest BCUT2D eigenvalue weighted by Crippen LogP contribution is 2.42. The molecular weight excluding hydrogens is 284 g/mol. The van der Waals surface area contributed by atoms with Gasteiger partial charge in [0, 0.05) is 17.5 Å². The van der Waals surface area contributed by atoms with Gasteiger partial charge in [0.1, 0.15) is 0 Å². The number of aliphatic imine (C=N–C) groups is 1. The number of fused-ring (bicyclic) bond motifs is 1. The van der Waals surface area contributed by atoms with Gasteiger partial charge in [0.2, 0.25) is 6.79 Å². The molecule has 2 aliphatic heterocycles. The van der Waals surface area contributed by atoms with E-state index in [4.69, 9.17) is 14.5 Å². The molecule has 1 aliphatic carbocycles. The van der Waals surface area contributed by atoms with Crippen molar-refractivity contribution in [2.24, 2.45) is 10.9 Å². The molecule has 0 aromatic heterocycles. The first-order valence-corrected chi connectivity index (χ1v) is 8.60. The topological polar surface area (TPSA) is 42.8 Å². The van der Waals surface area contributed by atoms with Crippen LogP contribution in [0.15, 0.2) is 23.2 Å². The van der Waals surface area contributed by atoms with E-state index in [0.29, 0.717) is 6.79 Å². The van der Waals surface area contributed by atoms with Gasteiger partial charge in [-0.1, -0.05) is 18.7 Å². The van der Waals surface area contributed by atoms with Crippen LogP contribution in [-0.4, -0.2) is 23.3 Å². The number of benzene rings is 1. The van der Waals surface area contributed by atoms with Crippen LogP contribution in [0.2, 0.25) is 0 Å². The number of thioether (sulfide) groups is 1. The van der Waals surface area contributed by atoms with Crippen LogP contribution in [0.5, 0.6) is 11.5 Å². The Morgan fingerprint density at radius 2 is 2.05 bits per heavy atom. The molecule has 5 heteroatoms. The van der Waals surface area contributed by atoms with Gasteiger partial charge in [0.25, 0.3) is 0 Å². The molecule has 0 saturated heterocycles. The fourth-order valence-corrected chi connectivity index (χ4v) is 4.41. The minimum atomic E-state index is 0.190. The third kappa shape index (κ3) is 2.59. The molecule has 112 valence electrons. The molecule has 2 heterocycles. The average molecular weight is 304 g/mol. The minimum Gasteiger partial charge on any atom is -0.454 e. The molecule has 1 aromatic rings. The van der Waals surface area contributed by atoms with Gasteiger partial charge < -0.3 is 14.8 Å². The molecule has 1 spiro atoms. The van der Waals surface area contributed by atoms with Crippen molar-refractivity contribution in [3.05, 3.63) is 18.2 Å². The Hall–Kier alpha value is -1.36. The minimum absolute atomic E-state index is 0.190. The van der Waals surface area contributed by atoms with Crippen LogP contribution in [0.1, 0.15) is 32.6 Å². The van der Waals surface area contributed by atoms with E-state index in [9.17, 15) is 0 Å². The fraction of sp³-hybridized carbons (Fsp3) is 0.562. The zero-order valence-electron chi connectivity index (χ0n) is 12.2. The molecule has 4 rings (SSSR count).